The van der Waals surface area contributed by atoms with E-state index in [0.717, 1.165) is 28.1 Å². The highest BCUT2D eigenvalue weighted by Crippen LogP contribution is 2.44. The van der Waals surface area contributed by atoms with Crippen molar-refractivity contribution in [2.24, 2.45) is 11.8 Å². The highest BCUT2D eigenvalue weighted by Gasteiger charge is 2.38. The van der Waals surface area contributed by atoms with Crippen LogP contribution in [0.3, 0.4) is 0 Å². The van der Waals surface area contributed by atoms with E-state index in [1.54, 1.807) is 9.58 Å². The zero-order valence-electron chi connectivity index (χ0n) is 23.4. The number of anilines is 1. The lowest BCUT2D eigenvalue weighted by Gasteiger charge is -2.38. The summed E-state index contributed by atoms with van der Waals surface area (Å²) in [6.45, 7) is 13.8. The number of aryl methyl sites for hydroxylation is 1. The number of nitrogens with one attached hydrogen (secondary N) is 1. The molecule has 2 amide bonds. The average Bonchev–Trinajstić information content (AvgIpc) is 3.32. The van der Waals surface area contributed by atoms with E-state index in [4.69, 9.17) is 10.1 Å². The molecule has 2 aliphatic heterocycles. The number of hydrogen-bond donors (Lipinski definition) is 1. The Hall–Kier alpha value is -3.52. The summed E-state index contributed by atoms with van der Waals surface area (Å²) in [5.74, 6) is 1.06. The highest BCUT2D eigenvalue weighted by atomic mass is 16.2. The minimum absolute atomic E-state index is 0.0920. The van der Waals surface area contributed by atoms with Gasteiger partial charge in [-0.15, -0.1) is 5.10 Å². The van der Waals surface area contributed by atoms with Gasteiger partial charge in [-0.3, -0.25) is 9.59 Å². The van der Waals surface area contributed by atoms with E-state index in [0.29, 0.717) is 24.8 Å². The SMILES string of the molecule is Cc1ccc(-n2nc(C(=O)N3C[C@@H](C)N[C@@H](C)C3)nc2-c2ccc3c(c2)C(C(C)C)[C@H](C)C(=O)N3C)cc1. The molecule has 5 rings (SSSR count). The molecule has 0 radical (unpaired) electrons. The van der Waals surface area contributed by atoms with Crippen LogP contribution in [0.4, 0.5) is 5.69 Å². The van der Waals surface area contributed by atoms with Crippen molar-refractivity contribution in [2.45, 2.75) is 59.5 Å². The monoisotopic (exact) mass is 514 g/mol. The Morgan fingerprint density at radius 1 is 1.03 bits per heavy atom. The molecule has 0 spiro atoms. The fourth-order valence-corrected chi connectivity index (χ4v) is 6.14. The van der Waals surface area contributed by atoms with Crippen molar-refractivity contribution in [1.29, 1.82) is 0 Å². The fraction of sp³-hybridized carbons (Fsp3) is 0.467. The predicted molar refractivity (Wildman–Crippen MR) is 150 cm³/mol. The van der Waals surface area contributed by atoms with E-state index < -0.39 is 0 Å². The third kappa shape index (κ3) is 4.62. The first-order chi connectivity index (χ1) is 18.0. The van der Waals surface area contributed by atoms with E-state index in [1.807, 2.05) is 62.2 Å². The average molecular weight is 515 g/mol. The first kappa shape index (κ1) is 26.1. The molecule has 0 saturated carbocycles. The van der Waals surface area contributed by atoms with Crippen molar-refractivity contribution < 1.29 is 9.59 Å². The third-order valence-corrected chi connectivity index (χ3v) is 7.90. The zero-order valence-corrected chi connectivity index (χ0v) is 23.4. The summed E-state index contributed by atoms with van der Waals surface area (Å²) in [5.41, 5.74) is 4.92. The van der Waals surface area contributed by atoms with Gasteiger partial charge in [0.2, 0.25) is 11.7 Å². The normalized spacial score (nSPS) is 23.6. The molecule has 1 aromatic heterocycles. The maximum Gasteiger partial charge on any atom is 0.293 e. The molecule has 2 aromatic carbocycles. The van der Waals surface area contributed by atoms with Gasteiger partial charge >= 0.3 is 0 Å². The number of piperazine rings is 1. The Morgan fingerprint density at radius 3 is 2.32 bits per heavy atom. The van der Waals surface area contributed by atoms with Crippen LogP contribution >= 0.6 is 0 Å². The van der Waals surface area contributed by atoms with Crippen LogP contribution < -0.4 is 10.2 Å². The van der Waals surface area contributed by atoms with Gasteiger partial charge in [0.25, 0.3) is 5.91 Å². The largest absolute Gasteiger partial charge is 0.333 e. The van der Waals surface area contributed by atoms with Gasteiger partial charge in [-0.25, -0.2) is 9.67 Å². The minimum Gasteiger partial charge on any atom is -0.333 e. The molecule has 200 valence electrons. The summed E-state index contributed by atoms with van der Waals surface area (Å²) in [6, 6.07) is 14.6. The second-order valence-corrected chi connectivity index (χ2v) is 11.4. The van der Waals surface area contributed by atoms with E-state index in [1.165, 1.54) is 0 Å². The lowest BCUT2D eigenvalue weighted by atomic mass is 9.75. The van der Waals surface area contributed by atoms with Gasteiger partial charge in [0.1, 0.15) is 0 Å². The van der Waals surface area contributed by atoms with Gasteiger partial charge in [0.05, 0.1) is 5.69 Å². The Kier molecular flexibility index (Phi) is 6.86. The van der Waals surface area contributed by atoms with E-state index in [2.05, 4.69) is 39.1 Å². The molecule has 8 heteroatoms. The van der Waals surface area contributed by atoms with Crippen molar-refractivity contribution in [2.75, 3.05) is 25.0 Å². The van der Waals surface area contributed by atoms with Crippen LogP contribution in [-0.2, 0) is 4.79 Å². The van der Waals surface area contributed by atoms with E-state index in [-0.39, 0.29) is 41.6 Å². The third-order valence-electron chi connectivity index (χ3n) is 7.90. The number of rotatable bonds is 4. The molecule has 1 unspecified atom stereocenters. The van der Waals surface area contributed by atoms with Gasteiger partial charge in [-0.05, 0) is 68.5 Å². The summed E-state index contributed by atoms with van der Waals surface area (Å²) < 4.78 is 1.77. The molecule has 8 nitrogen and oxygen atoms in total. The van der Waals surface area contributed by atoms with Crippen molar-refractivity contribution in [3.63, 3.8) is 0 Å². The van der Waals surface area contributed by atoms with Crippen molar-refractivity contribution in [3.8, 4) is 17.1 Å². The lowest BCUT2D eigenvalue weighted by Crippen LogP contribution is -2.56. The first-order valence-electron chi connectivity index (χ1n) is 13.6. The Bertz CT molecular complexity index is 1350. The number of hydrogen-bond acceptors (Lipinski definition) is 5. The first-order valence-corrected chi connectivity index (χ1v) is 13.6. The van der Waals surface area contributed by atoms with E-state index in [9.17, 15) is 9.59 Å². The standard InChI is InChI=1S/C30H38N6O2/c1-17(2)26-21(6)29(37)34(7)25-13-10-22(14-24(25)26)28-32-27(30(38)35-15-19(4)31-20(5)16-35)33-36(28)23-11-8-18(3)9-12-23/h8-14,17,19-21,26,31H,15-16H2,1-7H3/t19-,20+,21-,26?/m0/s1. The summed E-state index contributed by atoms with van der Waals surface area (Å²) >= 11 is 0. The second kappa shape index (κ2) is 9.98. The molecule has 0 aliphatic carbocycles. The van der Waals surface area contributed by atoms with Gasteiger partial charge in [-0.1, -0.05) is 38.5 Å². The maximum absolute atomic E-state index is 13.6. The van der Waals surface area contributed by atoms with Crippen LogP contribution in [0.25, 0.3) is 17.1 Å². The molecule has 3 heterocycles. The van der Waals surface area contributed by atoms with Gasteiger partial charge in [0, 0.05) is 49.4 Å². The highest BCUT2D eigenvalue weighted by molar-refractivity contribution is 5.98. The van der Waals surface area contributed by atoms with Crippen LogP contribution in [0.15, 0.2) is 42.5 Å². The van der Waals surface area contributed by atoms with Crippen LogP contribution in [-0.4, -0.2) is 63.7 Å². The van der Waals surface area contributed by atoms with Gasteiger partial charge in [0.15, 0.2) is 5.82 Å². The van der Waals surface area contributed by atoms with Gasteiger partial charge < -0.3 is 15.1 Å². The van der Waals surface area contributed by atoms with Crippen LogP contribution in [0, 0.1) is 18.8 Å². The number of carbonyl (C=O) groups excluding carboxylic acids is 2. The number of fused-ring (bicyclic) bond motifs is 1. The number of benzene rings is 2. The molecule has 0 bridgehead atoms. The molecule has 1 fully saturated rings. The van der Waals surface area contributed by atoms with Crippen molar-refractivity contribution >= 4 is 17.5 Å². The van der Waals surface area contributed by atoms with Crippen LogP contribution in [0.2, 0.25) is 0 Å². The predicted octanol–water partition coefficient (Wildman–Crippen LogP) is 4.42. The second-order valence-electron chi connectivity index (χ2n) is 11.4. The molecule has 1 saturated heterocycles. The minimum atomic E-state index is -0.158. The summed E-state index contributed by atoms with van der Waals surface area (Å²) in [5, 5.41) is 8.22. The van der Waals surface area contributed by atoms with Crippen molar-refractivity contribution in [3.05, 3.63) is 59.4 Å². The van der Waals surface area contributed by atoms with Crippen molar-refractivity contribution in [1.82, 2.24) is 25.0 Å². The summed E-state index contributed by atoms with van der Waals surface area (Å²) in [7, 11) is 1.84. The van der Waals surface area contributed by atoms with Crippen LogP contribution in [0.1, 0.15) is 62.3 Å². The number of amides is 2. The Balaban J connectivity index is 1.63. The lowest BCUT2D eigenvalue weighted by molar-refractivity contribution is -0.123. The fourth-order valence-electron chi connectivity index (χ4n) is 6.14. The van der Waals surface area contributed by atoms with E-state index >= 15 is 0 Å². The summed E-state index contributed by atoms with van der Waals surface area (Å²) in [6.07, 6.45) is 0. The van der Waals surface area contributed by atoms with Crippen LogP contribution in [0.5, 0.6) is 0 Å². The quantitative estimate of drug-likeness (QED) is 0.557. The number of nitrogens with zero attached hydrogens (tertiary/aromatic N) is 5. The van der Waals surface area contributed by atoms with Gasteiger partial charge in [-0.2, -0.15) is 0 Å². The Labute approximate surface area is 225 Å². The molecule has 4 atom stereocenters. The number of aromatic nitrogens is 3. The maximum atomic E-state index is 13.6. The number of carbonyl (C=O) groups is 2. The molecule has 1 N–H and O–H groups in total. The molecular formula is C30H38N6O2. The Morgan fingerprint density at radius 2 is 1.68 bits per heavy atom. The topological polar surface area (TPSA) is 83.4 Å². The molecule has 3 aromatic rings. The zero-order chi connectivity index (χ0) is 27.3. The summed E-state index contributed by atoms with van der Waals surface area (Å²) in [4.78, 5) is 35.0. The molecule has 38 heavy (non-hydrogen) atoms. The molecular weight excluding hydrogens is 476 g/mol. The smallest absolute Gasteiger partial charge is 0.293 e. The molecule has 2 aliphatic rings.